The van der Waals surface area contributed by atoms with Crippen molar-refractivity contribution in [2.45, 2.75) is 13.5 Å². The van der Waals surface area contributed by atoms with Crippen LogP contribution in [0.5, 0.6) is 0 Å². The molecular formula is C14H21FN2O. The molecule has 0 aromatic heterocycles. The van der Waals surface area contributed by atoms with E-state index in [9.17, 15) is 4.39 Å². The van der Waals surface area contributed by atoms with Crippen LogP contribution in [0.2, 0.25) is 0 Å². The first-order valence-corrected chi connectivity index (χ1v) is 6.49. The van der Waals surface area contributed by atoms with E-state index >= 15 is 0 Å². The van der Waals surface area contributed by atoms with Crippen LogP contribution in [-0.4, -0.2) is 54.2 Å². The van der Waals surface area contributed by atoms with Gasteiger partial charge in [-0.1, -0.05) is 12.1 Å². The lowest BCUT2D eigenvalue weighted by Crippen LogP contribution is -2.46. The second-order valence-electron chi connectivity index (χ2n) is 4.92. The largest absolute Gasteiger partial charge is 0.395 e. The molecule has 1 fully saturated rings. The van der Waals surface area contributed by atoms with E-state index in [4.69, 9.17) is 5.11 Å². The Hall–Kier alpha value is -0.970. The van der Waals surface area contributed by atoms with Crippen molar-refractivity contribution in [2.75, 3.05) is 39.3 Å². The highest BCUT2D eigenvalue weighted by Gasteiger charge is 2.16. The van der Waals surface area contributed by atoms with Crippen LogP contribution in [0.25, 0.3) is 0 Å². The summed E-state index contributed by atoms with van der Waals surface area (Å²) in [5, 5.41) is 8.89. The van der Waals surface area contributed by atoms with Gasteiger partial charge >= 0.3 is 0 Å². The molecule has 1 aromatic rings. The molecule has 0 atom stereocenters. The van der Waals surface area contributed by atoms with Crippen molar-refractivity contribution in [2.24, 2.45) is 0 Å². The van der Waals surface area contributed by atoms with E-state index < -0.39 is 0 Å². The van der Waals surface area contributed by atoms with Crippen LogP contribution in [0.15, 0.2) is 18.2 Å². The zero-order chi connectivity index (χ0) is 13.0. The third-order valence-corrected chi connectivity index (χ3v) is 3.51. The summed E-state index contributed by atoms with van der Waals surface area (Å²) in [7, 11) is 0. The maximum Gasteiger partial charge on any atom is 0.126 e. The summed E-state index contributed by atoms with van der Waals surface area (Å²) in [6, 6.07) is 5.34. The van der Waals surface area contributed by atoms with Gasteiger partial charge in [-0.05, 0) is 24.1 Å². The van der Waals surface area contributed by atoms with E-state index in [1.54, 1.807) is 13.0 Å². The van der Waals surface area contributed by atoms with Crippen LogP contribution >= 0.6 is 0 Å². The molecule has 0 aliphatic carbocycles. The smallest absolute Gasteiger partial charge is 0.126 e. The van der Waals surface area contributed by atoms with Gasteiger partial charge in [0, 0.05) is 39.3 Å². The highest BCUT2D eigenvalue weighted by Crippen LogP contribution is 2.12. The number of benzene rings is 1. The monoisotopic (exact) mass is 252 g/mol. The Morgan fingerprint density at radius 2 is 1.83 bits per heavy atom. The third kappa shape index (κ3) is 3.51. The first-order valence-electron chi connectivity index (χ1n) is 6.49. The Labute approximate surface area is 108 Å². The van der Waals surface area contributed by atoms with Gasteiger partial charge in [-0.15, -0.1) is 0 Å². The molecule has 1 heterocycles. The molecule has 1 aliphatic rings. The van der Waals surface area contributed by atoms with Crippen molar-refractivity contribution < 1.29 is 9.50 Å². The number of hydrogen-bond donors (Lipinski definition) is 1. The topological polar surface area (TPSA) is 26.7 Å². The van der Waals surface area contributed by atoms with Crippen LogP contribution < -0.4 is 0 Å². The first kappa shape index (κ1) is 13.5. The standard InChI is InChI=1S/C14H21FN2O/c1-12-10-13(2-3-14(12)15)11-17-6-4-16(5-7-17)8-9-18/h2-3,10,18H,4-9,11H2,1H3. The number of β-amino-alcohol motifs (C(OH)–C–C–N with tert-alkyl or cyclic N) is 1. The lowest BCUT2D eigenvalue weighted by Gasteiger charge is -2.34. The number of aliphatic hydroxyl groups is 1. The molecule has 0 spiro atoms. The van der Waals surface area contributed by atoms with Gasteiger partial charge in [-0.3, -0.25) is 9.80 Å². The second-order valence-corrected chi connectivity index (χ2v) is 4.92. The highest BCUT2D eigenvalue weighted by atomic mass is 19.1. The normalized spacial score (nSPS) is 18.2. The number of rotatable bonds is 4. The third-order valence-electron chi connectivity index (χ3n) is 3.51. The molecule has 1 saturated heterocycles. The average Bonchev–Trinajstić information content (AvgIpc) is 2.37. The van der Waals surface area contributed by atoms with Gasteiger partial charge in [-0.2, -0.15) is 0 Å². The Morgan fingerprint density at radius 3 is 2.44 bits per heavy atom. The Balaban J connectivity index is 1.85. The summed E-state index contributed by atoms with van der Waals surface area (Å²) in [5.74, 6) is -0.133. The van der Waals surface area contributed by atoms with E-state index in [1.807, 2.05) is 12.1 Å². The van der Waals surface area contributed by atoms with Crippen molar-refractivity contribution in [3.63, 3.8) is 0 Å². The maximum absolute atomic E-state index is 13.2. The molecule has 2 rings (SSSR count). The van der Waals surface area contributed by atoms with E-state index in [0.717, 1.165) is 39.3 Å². The maximum atomic E-state index is 13.2. The number of piperazine rings is 1. The molecule has 4 heteroatoms. The molecule has 100 valence electrons. The fraction of sp³-hybridized carbons (Fsp3) is 0.571. The Kier molecular flexibility index (Phi) is 4.69. The Bertz CT molecular complexity index is 389. The molecule has 0 bridgehead atoms. The van der Waals surface area contributed by atoms with Gasteiger partial charge in [0.15, 0.2) is 0 Å². The van der Waals surface area contributed by atoms with Crippen LogP contribution in [0.3, 0.4) is 0 Å². The minimum absolute atomic E-state index is 0.133. The molecule has 0 unspecified atom stereocenters. The lowest BCUT2D eigenvalue weighted by atomic mass is 10.1. The summed E-state index contributed by atoms with van der Waals surface area (Å²) >= 11 is 0. The van der Waals surface area contributed by atoms with E-state index in [1.165, 1.54) is 5.56 Å². The van der Waals surface area contributed by atoms with Crippen LogP contribution in [0.1, 0.15) is 11.1 Å². The van der Waals surface area contributed by atoms with Crippen molar-refractivity contribution in [1.29, 1.82) is 0 Å². The number of aryl methyl sites for hydroxylation is 1. The minimum Gasteiger partial charge on any atom is -0.395 e. The van der Waals surface area contributed by atoms with Gasteiger partial charge < -0.3 is 5.11 Å². The highest BCUT2D eigenvalue weighted by molar-refractivity contribution is 5.23. The molecular weight excluding hydrogens is 231 g/mol. The summed E-state index contributed by atoms with van der Waals surface area (Å²) in [6.45, 7) is 7.71. The van der Waals surface area contributed by atoms with Crippen molar-refractivity contribution in [1.82, 2.24) is 9.80 Å². The Morgan fingerprint density at radius 1 is 1.17 bits per heavy atom. The zero-order valence-electron chi connectivity index (χ0n) is 10.9. The average molecular weight is 252 g/mol. The second kappa shape index (κ2) is 6.27. The number of nitrogens with zero attached hydrogens (tertiary/aromatic N) is 2. The minimum atomic E-state index is -0.133. The molecule has 18 heavy (non-hydrogen) atoms. The predicted octanol–water partition coefficient (Wildman–Crippen LogP) is 1.24. The summed E-state index contributed by atoms with van der Waals surface area (Å²) in [5.41, 5.74) is 1.89. The van der Waals surface area contributed by atoms with Crippen molar-refractivity contribution >= 4 is 0 Å². The molecule has 3 nitrogen and oxygen atoms in total. The van der Waals surface area contributed by atoms with Crippen LogP contribution in [-0.2, 0) is 6.54 Å². The fourth-order valence-corrected chi connectivity index (χ4v) is 2.38. The molecule has 0 saturated carbocycles. The lowest BCUT2D eigenvalue weighted by molar-refractivity contribution is 0.108. The fourth-order valence-electron chi connectivity index (χ4n) is 2.38. The number of hydrogen-bond acceptors (Lipinski definition) is 3. The number of aliphatic hydroxyl groups excluding tert-OH is 1. The van der Waals surface area contributed by atoms with Crippen molar-refractivity contribution in [3.8, 4) is 0 Å². The van der Waals surface area contributed by atoms with E-state index in [0.29, 0.717) is 5.56 Å². The number of halogens is 1. The summed E-state index contributed by atoms with van der Waals surface area (Å²) in [4.78, 5) is 4.65. The molecule has 1 N–H and O–H groups in total. The predicted molar refractivity (Wildman–Crippen MR) is 69.9 cm³/mol. The van der Waals surface area contributed by atoms with Gasteiger partial charge in [0.1, 0.15) is 5.82 Å². The molecule has 1 aliphatic heterocycles. The summed E-state index contributed by atoms with van der Waals surface area (Å²) in [6.07, 6.45) is 0. The van der Waals surface area contributed by atoms with Crippen molar-refractivity contribution in [3.05, 3.63) is 35.1 Å². The SMILES string of the molecule is Cc1cc(CN2CCN(CCO)CC2)ccc1F. The van der Waals surface area contributed by atoms with E-state index in [2.05, 4.69) is 9.80 Å². The van der Waals surface area contributed by atoms with Crippen LogP contribution in [0, 0.1) is 12.7 Å². The van der Waals surface area contributed by atoms with E-state index in [-0.39, 0.29) is 12.4 Å². The quantitative estimate of drug-likeness (QED) is 0.873. The first-order chi connectivity index (χ1) is 8.69. The van der Waals surface area contributed by atoms with Gasteiger partial charge in [-0.25, -0.2) is 4.39 Å². The molecule has 0 amide bonds. The van der Waals surface area contributed by atoms with Gasteiger partial charge in [0.2, 0.25) is 0 Å². The zero-order valence-corrected chi connectivity index (χ0v) is 10.9. The van der Waals surface area contributed by atoms with Gasteiger partial charge in [0.05, 0.1) is 6.61 Å². The summed E-state index contributed by atoms with van der Waals surface area (Å²) < 4.78 is 13.2. The molecule has 1 aromatic carbocycles. The molecule has 0 radical (unpaired) electrons. The van der Waals surface area contributed by atoms with Crippen LogP contribution in [0.4, 0.5) is 4.39 Å². The van der Waals surface area contributed by atoms with Gasteiger partial charge in [0.25, 0.3) is 0 Å².